The van der Waals surface area contributed by atoms with Crippen LogP contribution in [0.25, 0.3) is 0 Å². The molecular formula is C24H34N2O5. The smallest absolute Gasteiger partial charge is 0.411 e. The van der Waals surface area contributed by atoms with Crippen LogP contribution in [0.3, 0.4) is 0 Å². The highest BCUT2D eigenvalue weighted by molar-refractivity contribution is 5.91. The maximum atomic E-state index is 13.5. The average molecular weight is 431 g/mol. The SMILES string of the molecule is COC(=O)c1ccc([C@H](C)NC(=O)C2(C)CC3(CCN2C(=O)OC(C)(C)C)CC3)cc1. The Morgan fingerprint density at radius 3 is 2.23 bits per heavy atom. The Morgan fingerprint density at radius 1 is 1.10 bits per heavy atom. The van der Waals surface area contributed by atoms with Gasteiger partial charge in [0.15, 0.2) is 0 Å². The molecule has 2 aliphatic rings. The molecule has 1 aromatic carbocycles. The van der Waals surface area contributed by atoms with Gasteiger partial charge in [-0.25, -0.2) is 9.59 Å². The van der Waals surface area contributed by atoms with Crippen molar-refractivity contribution < 1.29 is 23.9 Å². The number of rotatable bonds is 4. The van der Waals surface area contributed by atoms with Gasteiger partial charge >= 0.3 is 12.1 Å². The van der Waals surface area contributed by atoms with Gasteiger partial charge < -0.3 is 14.8 Å². The minimum Gasteiger partial charge on any atom is -0.465 e. The fourth-order valence-corrected chi connectivity index (χ4v) is 4.39. The third-order valence-electron chi connectivity index (χ3n) is 6.42. The van der Waals surface area contributed by atoms with E-state index >= 15 is 0 Å². The van der Waals surface area contributed by atoms with Crippen molar-refractivity contribution in [2.75, 3.05) is 13.7 Å². The van der Waals surface area contributed by atoms with Crippen LogP contribution in [0.5, 0.6) is 0 Å². The molecule has 170 valence electrons. The summed E-state index contributed by atoms with van der Waals surface area (Å²) in [6.07, 6.45) is 3.29. The highest BCUT2D eigenvalue weighted by atomic mass is 16.6. The zero-order chi connectivity index (χ0) is 23.0. The number of amides is 2. The van der Waals surface area contributed by atoms with Crippen LogP contribution in [-0.2, 0) is 14.3 Å². The number of hydrogen-bond donors (Lipinski definition) is 1. The summed E-state index contributed by atoms with van der Waals surface area (Å²) in [5.41, 5.74) is -0.119. The van der Waals surface area contributed by atoms with Crippen molar-refractivity contribution in [1.29, 1.82) is 0 Å². The summed E-state index contributed by atoms with van der Waals surface area (Å²) in [5, 5.41) is 3.08. The zero-order valence-corrected chi connectivity index (χ0v) is 19.4. The van der Waals surface area contributed by atoms with Gasteiger partial charge in [0.1, 0.15) is 11.1 Å². The molecule has 2 atom stereocenters. The molecule has 1 unspecified atom stereocenters. The van der Waals surface area contributed by atoms with Crippen LogP contribution in [0, 0.1) is 5.41 Å². The Hall–Kier alpha value is -2.57. The van der Waals surface area contributed by atoms with Crippen LogP contribution in [0.15, 0.2) is 24.3 Å². The lowest BCUT2D eigenvalue weighted by Crippen LogP contribution is -2.63. The van der Waals surface area contributed by atoms with Gasteiger partial charge in [0.05, 0.1) is 18.7 Å². The molecule has 1 N–H and O–H groups in total. The lowest BCUT2D eigenvalue weighted by Gasteiger charge is -2.47. The first kappa shape index (κ1) is 23.1. The molecule has 2 fully saturated rings. The van der Waals surface area contributed by atoms with E-state index < -0.39 is 23.2 Å². The molecule has 1 aliphatic carbocycles. The van der Waals surface area contributed by atoms with E-state index in [1.54, 1.807) is 29.2 Å². The summed E-state index contributed by atoms with van der Waals surface area (Å²) in [6.45, 7) is 9.74. The Balaban J connectivity index is 1.77. The number of hydrogen-bond acceptors (Lipinski definition) is 5. The maximum Gasteiger partial charge on any atom is 0.411 e. The van der Waals surface area contributed by atoms with E-state index in [0.717, 1.165) is 24.8 Å². The first-order chi connectivity index (χ1) is 14.4. The van der Waals surface area contributed by atoms with Crippen LogP contribution >= 0.6 is 0 Å². The molecule has 1 saturated heterocycles. The molecule has 1 aromatic rings. The van der Waals surface area contributed by atoms with Gasteiger partial charge in [-0.1, -0.05) is 12.1 Å². The van der Waals surface area contributed by atoms with Crippen LogP contribution in [0.2, 0.25) is 0 Å². The number of benzene rings is 1. The van der Waals surface area contributed by atoms with Gasteiger partial charge in [-0.3, -0.25) is 9.69 Å². The first-order valence-electron chi connectivity index (χ1n) is 10.9. The highest BCUT2D eigenvalue weighted by Crippen LogP contribution is 2.57. The van der Waals surface area contributed by atoms with Crippen LogP contribution in [-0.4, -0.2) is 47.7 Å². The van der Waals surface area contributed by atoms with E-state index in [1.165, 1.54) is 7.11 Å². The van der Waals surface area contributed by atoms with Crippen molar-refractivity contribution >= 4 is 18.0 Å². The second-order valence-electron chi connectivity index (χ2n) is 10.1. The molecule has 1 spiro atoms. The third kappa shape index (κ3) is 5.02. The van der Waals surface area contributed by atoms with Gasteiger partial charge in [0.2, 0.25) is 5.91 Å². The number of esters is 1. The van der Waals surface area contributed by atoms with Crippen molar-refractivity contribution in [3.05, 3.63) is 35.4 Å². The number of nitrogens with one attached hydrogen (secondary N) is 1. The van der Waals surface area contributed by atoms with E-state index in [2.05, 4.69) is 5.32 Å². The Morgan fingerprint density at radius 2 is 1.71 bits per heavy atom. The molecule has 1 saturated carbocycles. The van der Waals surface area contributed by atoms with E-state index in [1.807, 2.05) is 34.6 Å². The lowest BCUT2D eigenvalue weighted by molar-refractivity contribution is -0.137. The van der Waals surface area contributed by atoms with E-state index in [-0.39, 0.29) is 17.4 Å². The minimum atomic E-state index is -0.975. The van der Waals surface area contributed by atoms with Crippen molar-refractivity contribution in [3.63, 3.8) is 0 Å². The van der Waals surface area contributed by atoms with Crippen molar-refractivity contribution in [2.45, 2.75) is 77.5 Å². The molecule has 31 heavy (non-hydrogen) atoms. The molecule has 7 nitrogen and oxygen atoms in total. The number of ether oxygens (including phenoxy) is 2. The standard InChI is InChI=1S/C24H34N2O5/c1-16(17-7-9-18(10-8-17)19(27)30-6)25-20(28)23(5)15-24(11-12-24)13-14-26(23)21(29)31-22(2,3)4/h7-10,16H,11-15H2,1-6H3,(H,25,28)/t16-,23?/m0/s1. The molecule has 0 bridgehead atoms. The molecule has 0 radical (unpaired) electrons. The number of methoxy groups -OCH3 is 1. The van der Waals surface area contributed by atoms with Crippen LogP contribution in [0.1, 0.15) is 82.3 Å². The van der Waals surface area contributed by atoms with E-state index in [4.69, 9.17) is 9.47 Å². The zero-order valence-electron chi connectivity index (χ0n) is 19.4. The lowest BCUT2D eigenvalue weighted by atomic mass is 9.78. The number of nitrogens with zero attached hydrogens (tertiary/aromatic N) is 1. The molecule has 7 heteroatoms. The number of carbonyl (C=O) groups is 3. The molecule has 2 amide bonds. The average Bonchev–Trinajstić information content (AvgIpc) is 3.44. The largest absolute Gasteiger partial charge is 0.465 e. The summed E-state index contributed by atoms with van der Waals surface area (Å²) in [6, 6.07) is 6.67. The monoisotopic (exact) mass is 430 g/mol. The fourth-order valence-electron chi connectivity index (χ4n) is 4.39. The summed E-state index contributed by atoms with van der Waals surface area (Å²) in [7, 11) is 1.34. The predicted molar refractivity (Wildman–Crippen MR) is 117 cm³/mol. The summed E-state index contributed by atoms with van der Waals surface area (Å²) in [4.78, 5) is 39.7. The molecular weight excluding hydrogens is 396 g/mol. The fraction of sp³-hybridized carbons (Fsp3) is 0.625. The number of carbonyl (C=O) groups excluding carboxylic acids is 3. The maximum absolute atomic E-state index is 13.5. The second-order valence-corrected chi connectivity index (χ2v) is 10.1. The van der Waals surface area contributed by atoms with Crippen molar-refractivity contribution in [1.82, 2.24) is 10.2 Å². The summed E-state index contributed by atoms with van der Waals surface area (Å²) in [5.74, 6) is -0.588. The molecule has 1 heterocycles. The van der Waals surface area contributed by atoms with Gasteiger partial charge in [0, 0.05) is 6.54 Å². The van der Waals surface area contributed by atoms with Gasteiger partial charge in [-0.15, -0.1) is 0 Å². The highest BCUT2D eigenvalue weighted by Gasteiger charge is 2.57. The van der Waals surface area contributed by atoms with Crippen molar-refractivity contribution in [2.24, 2.45) is 5.41 Å². The Bertz CT molecular complexity index is 854. The summed E-state index contributed by atoms with van der Waals surface area (Å²) >= 11 is 0. The quantitative estimate of drug-likeness (QED) is 0.723. The second kappa shape index (κ2) is 8.17. The first-order valence-corrected chi connectivity index (χ1v) is 10.9. The van der Waals surface area contributed by atoms with E-state index in [0.29, 0.717) is 18.5 Å². The molecule has 1 aliphatic heterocycles. The van der Waals surface area contributed by atoms with Crippen molar-refractivity contribution in [3.8, 4) is 0 Å². The van der Waals surface area contributed by atoms with Gasteiger partial charge in [-0.2, -0.15) is 0 Å². The van der Waals surface area contributed by atoms with E-state index in [9.17, 15) is 14.4 Å². The predicted octanol–water partition coefficient (Wildman–Crippen LogP) is 4.22. The number of likely N-dealkylation sites (tertiary alicyclic amines) is 1. The normalized spacial score (nSPS) is 23.1. The Labute approximate surface area is 184 Å². The molecule has 0 aromatic heterocycles. The minimum absolute atomic E-state index is 0.163. The van der Waals surface area contributed by atoms with Gasteiger partial charge in [-0.05, 0) is 83.4 Å². The Kier molecular flexibility index (Phi) is 6.09. The van der Waals surface area contributed by atoms with Gasteiger partial charge in [0.25, 0.3) is 0 Å². The topological polar surface area (TPSA) is 84.9 Å². The third-order valence-corrected chi connectivity index (χ3v) is 6.42. The summed E-state index contributed by atoms with van der Waals surface area (Å²) < 4.78 is 10.3. The molecule has 3 rings (SSSR count). The van der Waals surface area contributed by atoms with Crippen LogP contribution < -0.4 is 5.32 Å². The van der Waals surface area contributed by atoms with Crippen LogP contribution in [0.4, 0.5) is 4.79 Å². The number of piperidine rings is 1.